The Balaban J connectivity index is 0.00000121. The van der Waals surface area contributed by atoms with Crippen LogP contribution in [-0.2, 0) is 27.7 Å². The number of halogens is 2. The molecule has 0 saturated heterocycles. The Morgan fingerprint density at radius 2 is 1.50 bits per heavy atom. The van der Waals surface area contributed by atoms with E-state index in [1.165, 1.54) is 12.8 Å². The van der Waals surface area contributed by atoms with Crippen LogP contribution in [0.2, 0.25) is 19.6 Å². The molecule has 120 valence electrons. The van der Waals surface area contributed by atoms with Crippen molar-refractivity contribution in [2.24, 2.45) is 5.41 Å². The molecule has 3 aliphatic rings. The Morgan fingerprint density at radius 1 is 1.05 bits per heavy atom. The zero-order valence-corrected chi connectivity index (χ0v) is 18.9. The van der Waals surface area contributed by atoms with Gasteiger partial charge in [-0.1, -0.05) is 0 Å². The van der Waals surface area contributed by atoms with E-state index in [1.54, 1.807) is 17.7 Å². The third kappa shape index (κ3) is 3.49. The van der Waals surface area contributed by atoms with Gasteiger partial charge in [-0.3, -0.25) is 0 Å². The van der Waals surface area contributed by atoms with E-state index in [0.717, 1.165) is 0 Å². The van der Waals surface area contributed by atoms with Crippen LogP contribution >= 0.6 is 0 Å². The molecule has 0 N–H and O–H groups in total. The number of allylic oxidation sites excluding steroid dienone is 6. The maximum Gasteiger partial charge on any atom is -1.00 e. The van der Waals surface area contributed by atoms with Crippen LogP contribution < -0.4 is 24.8 Å². The van der Waals surface area contributed by atoms with Gasteiger partial charge in [-0.05, 0) is 0 Å². The normalized spacial score (nSPS) is 22.2. The summed E-state index contributed by atoms with van der Waals surface area (Å²) >= 11 is -0.492. The standard InChI is InChI=1S/C17H24OSi.2ClH.Zr/c1-14(18-19(3,4)5)17(2,15-10-6-7-11-15)16-12-8-9-13-16;;;/h6,8,10,12,14H,7,9H2,1-5H3;2*1H;/q;;;+2/p-2. The molecule has 0 radical (unpaired) electrons. The SMILES string of the molecule is CC(O[Si](C)(C)C)C1(C)C2=[C](CC=C2)[Zr+2][C]2=C1C=CC2.[Cl-].[Cl-]. The van der Waals surface area contributed by atoms with Gasteiger partial charge in [0, 0.05) is 0 Å². The molecular weight excluding hydrogens is 410 g/mol. The van der Waals surface area contributed by atoms with Crippen LogP contribution in [0.25, 0.3) is 0 Å². The first-order valence-electron chi connectivity index (χ1n) is 7.57. The average molecular weight is 435 g/mol. The Kier molecular flexibility index (Phi) is 6.79. The summed E-state index contributed by atoms with van der Waals surface area (Å²) in [5.41, 5.74) is 3.31. The minimum Gasteiger partial charge on any atom is -1.00 e. The monoisotopic (exact) mass is 432 g/mol. The molecular formula is C17H24Cl2OSiZr. The molecule has 0 aromatic rings. The molecule has 0 spiro atoms. The summed E-state index contributed by atoms with van der Waals surface area (Å²) in [5.74, 6) is 0. The maximum atomic E-state index is 6.52. The van der Waals surface area contributed by atoms with Gasteiger partial charge in [0.05, 0.1) is 0 Å². The molecule has 22 heavy (non-hydrogen) atoms. The van der Waals surface area contributed by atoms with Gasteiger partial charge < -0.3 is 24.8 Å². The fourth-order valence-corrected chi connectivity index (χ4v) is 9.25. The van der Waals surface area contributed by atoms with Crippen LogP contribution in [0.15, 0.2) is 42.0 Å². The molecule has 2 aliphatic carbocycles. The van der Waals surface area contributed by atoms with Crippen molar-refractivity contribution in [3.05, 3.63) is 42.0 Å². The van der Waals surface area contributed by atoms with Gasteiger partial charge >= 0.3 is 136 Å². The Morgan fingerprint density at radius 3 is 1.91 bits per heavy atom. The van der Waals surface area contributed by atoms with Crippen LogP contribution in [0.5, 0.6) is 0 Å². The van der Waals surface area contributed by atoms with Crippen molar-refractivity contribution in [3.8, 4) is 0 Å². The first-order valence-corrected chi connectivity index (χ1v) is 13.4. The van der Waals surface area contributed by atoms with Crippen LogP contribution in [-0.4, -0.2) is 14.4 Å². The van der Waals surface area contributed by atoms with E-state index in [2.05, 4.69) is 57.8 Å². The Hall–Kier alpha value is 0.600. The van der Waals surface area contributed by atoms with Crippen LogP contribution in [0.4, 0.5) is 0 Å². The zero-order valence-electron chi connectivity index (χ0n) is 14.0. The first-order chi connectivity index (χ1) is 9.32. The van der Waals surface area contributed by atoms with E-state index in [4.69, 9.17) is 4.43 Å². The van der Waals surface area contributed by atoms with Gasteiger partial charge in [-0.25, -0.2) is 0 Å². The summed E-state index contributed by atoms with van der Waals surface area (Å²) in [7, 11) is -1.52. The predicted molar refractivity (Wildman–Crippen MR) is 83.6 cm³/mol. The van der Waals surface area contributed by atoms with Crippen molar-refractivity contribution < 1.29 is 52.5 Å². The molecule has 0 amide bonds. The second kappa shape index (κ2) is 7.23. The first kappa shape index (κ1) is 20.6. The molecule has 1 nitrogen and oxygen atoms in total. The van der Waals surface area contributed by atoms with Crippen LogP contribution in [0, 0.1) is 5.41 Å². The molecule has 0 bridgehead atoms. The summed E-state index contributed by atoms with van der Waals surface area (Å²) in [6.07, 6.45) is 12.2. The van der Waals surface area contributed by atoms with Gasteiger partial charge in [-0.2, -0.15) is 0 Å². The molecule has 5 heteroatoms. The van der Waals surface area contributed by atoms with E-state index < -0.39 is 31.6 Å². The fraction of sp³-hybridized carbons (Fsp3) is 0.529. The smallest absolute Gasteiger partial charge is 1.00 e. The average Bonchev–Trinajstić information content (AvgIpc) is 2.95. The second-order valence-corrected chi connectivity index (χ2v) is 15.2. The van der Waals surface area contributed by atoms with Gasteiger partial charge in [0.15, 0.2) is 0 Å². The van der Waals surface area contributed by atoms with E-state index in [9.17, 15) is 0 Å². The molecule has 1 unspecified atom stereocenters. The number of rotatable bonds is 3. The Bertz CT molecular complexity index is 534. The van der Waals surface area contributed by atoms with E-state index in [0.29, 0.717) is 0 Å². The molecule has 0 fully saturated rings. The summed E-state index contributed by atoms with van der Waals surface area (Å²) in [6, 6.07) is 0. The molecule has 0 aromatic carbocycles. The number of hydrogen-bond donors (Lipinski definition) is 0. The van der Waals surface area contributed by atoms with Crippen molar-refractivity contribution in [1.29, 1.82) is 0 Å². The van der Waals surface area contributed by atoms with Crippen molar-refractivity contribution >= 4 is 8.32 Å². The maximum absolute atomic E-state index is 6.52. The topological polar surface area (TPSA) is 9.23 Å². The molecule has 1 aliphatic heterocycles. The van der Waals surface area contributed by atoms with Crippen LogP contribution in [0.3, 0.4) is 0 Å². The van der Waals surface area contributed by atoms with Gasteiger partial charge in [0.1, 0.15) is 0 Å². The minimum absolute atomic E-state index is 0. The molecule has 0 aromatic heterocycles. The van der Waals surface area contributed by atoms with Crippen LogP contribution in [0.1, 0.15) is 26.7 Å². The van der Waals surface area contributed by atoms with Gasteiger partial charge in [0.25, 0.3) is 0 Å². The second-order valence-electron chi connectivity index (χ2n) is 7.20. The van der Waals surface area contributed by atoms with Crippen molar-refractivity contribution in [2.45, 2.75) is 52.4 Å². The van der Waals surface area contributed by atoms with Crippen molar-refractivity contribution in [3.63, 3.8) is 0 Å². The predicted octanol–water partition coefficient (Wildman–Crippen LogP) is -1.24. The van der Waals surface area contributed by atoms with Crippen molar-refractivity contribution in [2.75, 3.05) is 0 Å². The molecule has 1 atom stereocenters. The van der Waals surface area contributed by atoms with E-state index >= 15 is 0 Å². The summed E-state index contributed by atoms with van der Waals surface area (Å²) in [4.78, 5) is 0. The largest absolute Gasteiger partial charge is 1.00 e. The van der Waals surface area contributed by atoms with E-state index in [-0.39, 0.29) is 36.3 Å². The molecule has 3 rings (SSSR count). The third-order valence-electron chi connectivity index (χ3n) is 4.63. The summed E-state index contributed by atoms with van der Waals surface area (Å²) < 4.78 is 10.1. The minimum atomic E-state index is -1.52. The quantitative estimate of drug-likeness (QED) is 0.506. The molecule has 0 saturated carbocycles. The number of hydrogen-bond acceptors (Lipinski definition) is 1. The summed E-state index contributed by atoms with van der Waals surface area (Å²) in [5, 5.41) is 0. The fourth-order valence-electron chi connectivity index (χ4n) is 3.63. The summed E-state index contributed by atoms with van der Waals surface area (Å²) in [6.45, 7) is 11.6. The molecule has 1 heterocycles. The Labute approximate surface area is 159 Å². The van der Waals surface area contributed by atoms with E-state index in [1.807, 2.05) is 0 Å². The van der Waals surface area contributed by atoms with Crippen molar-refractivity contribution in [1.82, 2.24) is 0 Å². The van der Waals surface area contributed by atoms with Gasteiger partial charge in [-0.15, -0.1) is 0 Å². The van der Waals surface area contributed by atoms with Gasteiger partial charge in [0.2, 0.25) is 0 Å². The third-order valence-corrected chi connectivity index (χ3v) is 9.50. The zero-order chi connectivity index (χ0) is 14.5.